The predicted molar refractivity (Wildman–Crippen MR) is 40.4 cm³/mol. The Morgan fingerprint density at radius 1 is 1.67 bits per heavy atom. The Morgan fingerprint density at radius 2 is 2.25 bits per heavy atom. The lowest BCUT2D eigenvalue weighted by molar-refractivity contribution is -0.129. The number of carbonyl (C=O) groups excluding carboxylic acids is 1. The zero-order valence-corrected chi connectivity index (χ0v) is 7.55. The van der Waals surface area contributed by atoms with Crippen LogP contribution in [0.5, 0.6) is 0 Å². The minimum Gasteiger partial charge on any atom is -0.740 e. The summed E-state index contributed by atoms with van der Waals surface area (Å²) in [7, 11) is 0. The van der Waals surface area contributed by atoms with Crippen LogP contribution in [0.1, 0.15) is 13.8 Å². The van der Waals surface area contributed by atoms with E-state index >= 15 is 0 Å². The number of hydrogen-bond donors (Lipinski definition) is 0. The lowest BCUT2D eigenvalue weighted by Crippen LogP contribution is -2.08. The number of hydrogen-bond acceptors (Lipinski definition) is 5. The largest absolute Gasteiger partial charge is 0.740 e. The zero-order chi connectivity index (χ0) is 9.56. The summed E-state index contributed by atoms with van der Waals surface area (Å²) in [6.45, 7) is 3.54. The van der Waals surface area contributed by atoms with Crippen LogP contribution in [-0.4, -0.2) is 21.3 Å². The van der Waals surface area contributed by atoms with Gasteiger partial charge in [0.05, 0.1) is 18.4 Å². The van der Waals surface area contributed by atoms with Gasteiger partial charge in [0, 0.05) is 0 Å². The zero-order valence-electron chi connectivity index (χ0n) is 6.73. The molecular weight excluding hydrogens is 184 g/mol. The molecule has 1 unspecified atom stereocenters. The van der Waals surface area contributed by atoms with Crippen molar-refractivity contribution in [2.75, 3.05) is 6.61 Å². The minimum absolute atomic E-state index is 0.0982. The van der Waals surface area contributed by atoms with Crippen LogP contribution in [0.4, 0.5) is 0 Å². The Bertz CT molecular complexity index is 210. The molecule has 5 nitrogen and oxygen atoms in total. The highest BCUT2D eigenvalue weighted by Crippen LogP contribution is 1.97. The summed E-state index contributed by atoms with van der Waals surface area (Å²) < 4.78 is 28.3. The fourth-order valence-electron chi connectivity index (χ4n) is 0.384. The van der Waals surface area contributed by atoms with Gasteiger partial charge in [-0.2, -0.15) is 0 Å². The Hall–Kier alpha value is -0.880. The number of ether oxygens (including phenoxy) is 1. The molecule has 0 amide bonds. The summed E-state index contributed by atoms with van der Waals surface area (Å²) in [6.07, 6.45) is 1.15. The van der Waals surface area contributed by atoms with Crippen molar-refractivity contribution in [3.8, 4) is 0 Å². The Balaban J connectivity index is 4.00. The summed E-state index contributed by atoms with van der Waals surface area (Å²) in [4.78, 5) is 10.7. The SMILES string of the molecule is CCOC=C(C)C(=O)OS(=O)[O-]. The molecule has 0 N–H and O–H groups in total. The van der Waals surface area contributed by atoms with Gasteiger partial charge in [-0.05, 0) is 13.8 Å². The second-order valence-corrected chi connectivity index (χ2v) is 2.41. The van der Waals surface area contributed by atoms with Crippen LogP contribution in [0, 0.1) is 0 Å². The third-order valence-corrected chi connectivity index (χ3v) is 1.18. The van der Waals surface area contributed by atoms with Gasteiger partial charge in [0.2, 0.25) is 0 Å². The van der Waals surface area contributed by atoms with Crippen molar-refractivity contribution in [1.29, 1.82) is 0 Å². The molecule has 0 aromatic heterocycles. The monoisotopic (exact) mass is 193 g/mol. The molecule has 12 heavy (non-hydrogen) atoms. The van der Waals surface area contributed by atoms with E-state index in [2.05, 4.69) is 4.18 Å². The third kappa shape index (κ3) is 4.86. The number of carbonyl (C=O) groups is 1. The molecule has 1 atom stereocenters. The third-order valence-electron chi connectivity index (χ3n) is 0.892. The van der Waals surface area contributed by atoms with E-state index in [4.69, 9.17) is 4.74 Å². The van der Waals surface area contributed by atoms with Crippen LogP contribution in [0.25, 0.3) is 0 Å². The average molecular weight is 193 g/mol. The highest BCUT2D eigenvalue weighted by Gasteiger charge is 2.05. The van der Waals surface area contributed by atoms with Crippen LogP contribution < -0.4 is 0 Å². The predicted octanol–water partition coefficient (Wildman–Crippen LogP) is 0.264. The van der Waals surface area contributed by atoms with Crippen molar-refractivity contribution >= 4 is 17.3 Å². The van der Waals surface area contributed by atoms with Gasteiger partial charge in [0.25, 0.3) is 0 Å². The fraction of sp³-hybridized carbons (Fsp3) is 0.500. The first-order valence-electron chi connectivity index (χ1n) is 3.18. The maximum atomic E-state index is 10.7. The maximum Gasteiger partial charge on any atom is 0.350 e. The van der Waals surface area contributed by atoms with E-state index < -0.39 is 17.3 Å². The Morgan fingerprint density at radius 3 is 2.67 bits per heavy atom. The first-order valence-corrected chi connectivity index (χ1v) is 4.18. The molecule has 0 heterocycles. The second kappa shape index (κ2) is 5.73. The second-order valence-electron chi connectivity index (χ2n) is 1.83. The smallest absolute Gasteiger partial charge is 0.350 e. The van der Waals surface area contributed by atoms with E-state index in [1.165, 1.54) is 6.92 Å². The minimum atomic E-state index is -2.82. The van der Waals surface area contributed by atoms with Gasteiger partial charge in [0.1, 0.15) is 11.4 Å². The average Bonchev–Trinajstić information content (AvgIpc) is 1.98. The van der Waals surface area contributed by atoms with Gasteiger partial charge in [-0.1, -0.05) is 0 Å². The van der Waals surface area contributed by atoms with E-state index in [1.54, 1.807) is 6.92 Å². The Kier molecular flexibility index (Phi) is 5.31. The molecular formula is C6H9O5S-. The van der Waals surface area contributed by atoms with Gasteiger partial charge in [-0.15, -0.1) is 0 Å². The lowest BCUT2D eigenvalue weighted by Gasteiger charge is -2.04. The van der Waals surface area contributed by atoms with Crippen molar-refractivity contribution in [2.24, 2.45) is 0 Å². The molecule has 0 aliphatic rings. The summed E-state index contributed by atoms with van der Waals surface area (Å²) in [5.41, 5.74) is 0.0982. The van der Waals surface area contributed by atoms with Gasteiger partial charge in [-0.3, -0.25) is 0 Å². The van der Waals surface area contributed by atoms with E-state index in [9.17, 15) is 13.6 Å². The van der Waals surface area contributed by atoms with Crippen LogP contribution in [-0.2, 0) is 25.1 Å². The van der Waals surface area contributed by atoms with Crippen molar-refractivity contribution in [3.63, 3.8) is 0 Å². The summed E-state index contributed by atoms with van der Waals surface area (Å²) in [6, 6.07) is 0. The standard InChI is InChI=1S/C6H10O5S/c1-3-10-4-5(2)6(7)11-12(8)9/h4H,3H2,1-2H3,(H,8,9)/p-1. The van der Waals surface area contributed by atoms with E-state index in [0.717, 1.165) is 6.26 Å². The van der Waals surface area contributed by atoms with Gasteiger partial charge in [0.15, 0.2) is 0 Å². The van der Waals surface area contributed by atoms with Crippen LogP contribution in [0.15, 0.2) is 11.8 Å². The Labute approximate surface area is 72.8 Å². The lowest BCUT2D eigenvalue weighted by atomic mass is 10.3. The van der Waals surface area contributed by atoms with E-state index in [0.29, 0.717) is 6.61 Å². The molecule has 0 aromatic rings. The maximum absolute atomic E-state index is 10.7. The van der Waals surface area contributed by atoms with Crippen molar-refractivity contribution in [2.45, 2.75) is 13.8 Å². The quantitative estimate of drug-likeness (QED) is 0.364. The van der Waals surface area contributed by atoms with Gasteiger partial charge < -0.3 is 13.5 Å². The molecule has 0 bridgehead atoms. The fourth-order valence-corrected chi connectivity index (χ4v) is 0.639. The summed E-state index contributed by atoms with van der Waals surface area (Å²) in [5, 5.41) is 0. The first kappa shape index (κ1) is 11.1. The summed E-state index contributed by atoms with van der Waals surface area (Å²) >= 11 is -2.82. The normalized spacial score (nSPS) is 13.8. The number of rotatable bonds is 4. The van der Waals surface area contributed by atoms with E-state index in [-0.39, 0.29) is 5.57 Å². The van der Waals surface area contributed by atoms with Crippen LogP contribution in [0.2, 0.25) is 0 Å². The molecule has 0 saturated carbocycles. The molecule has 0 radical (unpaired) electrons. The molecule has 0 fully saturated rings. The van der Waals surface area contributed by atoms with Crippen molar-refractivity contribution in [3.05, 3.63) is 11.8 Å². The molecule has 0 spiro atoms. The molecule has 0 aliphatic carbocycles. The summed E-state index contributed by atoms with van der Waals surface area (Å²) in [5.74, 6) is -0.934. The van der Waals surface area contributed by atoms with Crippen molar-refractivity contribution in [1.82, 2.24) is 0 Å². The molecule has 0 aromatic carbocycles. The highest BCUT2D eigenvalue weighted by molar-refractivity contribution is 7.74. The van der Waals surface area contributed by atoms with Crippen LogP contribution in [0.3, 0.4) is 0 Å². The molecule has 0 saturated heterocycles. The first-order chi connectivity index (χ1) is 5.57. The highest BCUT2D eigenvalue weighted by atomic mass is 32.2. The van der Waals surface area contributed by atoms with Crippen molar-refractivity contribution < 1.29 is 22.5 Å². The topological polar surface area (TPSA) is 75.7 Å². The van der Waals surface area contributed by atoms with Gasteiger partial charge >= 0.3 is 5.97 Å². The molecule has 70 valence electrons. The molecule has 6 heteroatoms. The molecule has 0 aliphatic heterocycles. The van der Waals surface area contributed by atoms with Crippen LogP contribution >= 0.6 is 0 Å². The molecule has 0 rings (SSSR count). The van der Waals surface area contributed by atoms with Gasteiger partial charge in [-0.25, -0.2) is 9.00 Å². The van der Waals surface area contributed by atoms with E-state index in [1.807, 2.05) is 0 Å².